The molecule has 2 aromatic heterocycles. The van der Waals surface area contributed by atoms with Crippen molar-refractivity contribution in [3.8, 4) is 0 Å². The average Bonchev–Trinajstić information content (AvgIpc) is 4.08. The van der Waals surface area contributed by atoms with Gasteiger partial charge in [0, 0.05) is 22.3 Å². The normalized spacial score (nSPS) is 17.6. The Bertz CT molecular complexity index is 2820. The summed E-state index contributed by atoms with van der Waals surface area (Å²) in [7, 11) is -4.69. The molecule has 0 saturated heterocycles. The van der Waals surface area contributed by atoms with Crippen LogP contribution in [-0.4, -0.2) is 42.9 Å². The number of nitrogens with zero attached hydrogens (tertiary/aromatic N) is 5. The first-order chi connectivity index (χ1) is 29.0. The van der Waals surface area contributed by atoms with Crippen molar-refractivity contribution in [1.29, 1.82) is 0 Å². The van der Waals surface area contributed by atoms with Gasteiger partial charge in [-0.2, -0.15) is 22.6 Å². The molecule has 0 radical (unpaired) electrons. The Morgan fingerprint density at radius 2 is 0.900 bits per heavy atom. The Labute approximate surface area is 340 Å². The molecule has 296 valence electrons. The zero-order valence-electron chi connectivity index (χ0n) is 31.3. The largest absolute Gasteiger partial charge is 0.495 e. The van der Waals surface area contributed by atoms with E-state index in [9.17, 15) is 18.1 Å². The van der Waals surface area contributed by atoms with E-state index in [1.54, 1.807) is 8.68 Å². The van der Waals surface area contributed by atoms with E-state index in [0.29, 0.717) is 67.2 Å². The second-order valence-corrected chi connectivity index (χ2v) is 15.9. The molecule has 4 aromatic carbocycles. The van der Waals surface area contributed by atoms with Crippen LogP contribution in [0.5, 0.6) is 0 Å². The van der Waals surface area contributed by atoms with E-state index in [4.69, 9.17) is 29.8 Å². The van der Waals surface area contributed by atoms with Gasteiger partial charge in [-0.05, 0) is 70.8 Å². The maximum Gasteiger partial charge on any atom is 0.495 e. The second kappa shape index (κ2) is 15.2. The molecular weight excluding hydrogens is 791 g/mol. The van der Waals surface area contributed by atoms with Crippen LogP contribution in [0.1, 0.15) is 33.6 Å². The standard InChI is InChI=1S/C46H31F3N4O2P.NO3/c47-46(48,49)29-55-56(54)52-38-25-26-39(52)44(32-17-9-3-10-18-32)36-23-24-37(51-36)45(33-19-11-4-12-20-33)41-28-27-40(53(41)56)43(31-15-7-2-8-16-31)35-22-21-34(50-35)42(38)30-13-5-1-6-14-30;2-1(3)4/h1-28,54H,29H2;/q+1;-1. The number of fused-ring (bicyclic) bond motifs is 2. The van der Waals surface area contributed by atoms with Crippen LogP contribution < -0.4 is 10.7 Å². The van der Waals surface area contributed by atoms with Crippen molar-refractivity contribution in [3.63, 3.8) is 0 Å². The summed E-state index contributed by atoms with van der Waals surface area (Å²) in [6.07, 6.45) is 2.93. The van der Waals surface area contributed by atoms with Crippen LogP contribution in [0.2, 0.25) is 0 Å². The third-order valence-corrected chi connectivity index (χ3v) is 12.6. The van der Waals surface area contributed by atoms with Crippen molar-refractivity contribution in [3.05, 3.63) is 241 Å². The lowest BCUT2D eigenvalue weighted by Gasteiger charge is -2.27. The van der Waals surface area contributed by atoms with Crippen molar-refractivity contribution in [1.82, 2.24) is 8.68 Å². The van der Waals surface area contributed by atoms with Gasteiger partial charge in [0.2, 0.25) is 0 Å². The minimum Gasteiger partial charge on any atom is -0.356 e. The van der Waals surface area contributed by atoms with Crippen molar-refractivity contribution in [2.75, 3.05) is 6.61 Å². The predicted octanol–water partition coefficient (Wildman–Crippen LogP) is 8.66. The molecule has 0 saturated carbocycles. The van der Waals surface area contributed by atoms with Gasteiger partial charge in [-0.25, -0.2) is 9.98 Å². The molecule has 1 unspecified atom stereocenters. The van der Waals surface area contributed by atoms with Gasteiger partial charge in [0.05, 0.1) is 50.0 Å². The summed E-state index contributed by atoms with van der Waals surface area (Å²) in [6.45, 7) is -1.71. The summed E-state index contributed by atoms with van der Waals surface area (Å²) >= 11 is 0. The van der Waals surface area contributed by atoms with Gasteiger partial charge in [0.25, 0.3) is 0 Å². The van der Waals surface area contributed by atoms with E-state index < -0.39 is 25.9 Å². The number of aromatic nitrogens is 2. The monoisotopic (exact) mass is 821 g/mol. The fraction of sp³-hybridized carbons (Fsp3) is 0.0435. The highest BCUT2D eigenvalue weighted by Gasteiger charge is 2.54. The Hall–Kier alpha value is -7.18. The zero-order valence-corrected chi connectivity index (χ0v) is 32.2. The van der Waals surface area contributed by atoms with Gasteiger partial charge >= 0.3 is 14.2 Å². The first-order valence-electron chi connectivity index (χ1n) is 18.6. The highest BCUT2D eigenvalue weighted by molar-refractivity contribution is 7.62. The minimum absolute atomic E-state index is 0.435. The summed E-state index contributed by atoms with van der Waals surface area (Å²) < 4.78 is 53.4. The van der Waals surface area contributed by atoms with Gasteiger partial charge in [0.1, 0.15) is 0 Å². The van der Waals surface area contributed by atoms with E-state index in [0.717, 1.165) is 22.3 Å². The number of alkyl halides is 3. The van der Waals surface area contributed by atoms with Crippen molar-refractivity contribution in [2.45, 2.75) is 6.18 Å². The Morgan fingerprint density at radius 1 is 0.550 bits per heavy atom. The number of hydrogen-bond donors (Lipinski definition) is 1. The summed E-state index contributed by atoms with van der Waals surface area (Å²) in [4.78, 5) is 32.7. The molecular formula is C46H31F3N5O5P. The van der Waals surface area contributed by atoms with Gasteiger partial charge in [-0.3, -0.25) is 0 Å². The molecule has 1 N–H and O–H groups in total. The molecule has 6 bridgehead atoms. The number of hydrogen-bond acceptors (Lipinski definition) is 7. The minimum atomic E-state index is -4.78. The topological polar surface area (TPSA) is 130 Å². The Morgan fingerprint density at radius 3 is 1.25 bits per heavy atom. The van der Waals surface area contributed by atoms with Crippen LogP contribution in [0.4, 0.5) is 13.2 Å². The van der Waals surface area contributed by atoms with Crippen molar-refractivity contribution in [2.24, 2.45) is 9.98 Å². The summed E-state index contributed by atoms with van der Waals surface area (Å²) in [5.41, 5.74) is 8.76. The number of rotatable bonds is 6. The highest BCUT2D eigenvalue weighted by Crippen LogP contribution is 2.62. The van der Waals surface area contributed by atoms with E-state index in [1.165, 1.54) is 0 Å². The molecule has 0 spiro atoms. The molecule has 10 nitrogen and oxygen atoms in total. The number of halogens is 3. The number of benzene rings is 4. The first-order valence-corrected chi connectivity index (χ1v) is 20.2. The van der Waals surface area contributed by atoms with Gasteiger partial charge in [0.15, 0.2) is 6.61 Å². The van der Waals surface area contributed by atoms with Crippen LogP contribution in [0.25, 0.3) is 22.3 Å². The van der Waals surface area contributed by atoms with Gasteiger partial charge in [-0.1, -0.05) is 121 Å². The molecule has 1 atom stereocenters. The maximum atomic E-state index is 14.7. The average molecular weight is 822 g/mol. The van der Waals surface area contributed by atoms with E-state index in [-0.39, 0.29) is 0 Å². The third-order valence-electron chi connectivity index (χ3n) is 10.2. The lowest BCUT2D eigenvalue weighted by molar-refractivity contribution is -0.402. The van der Waals surface area contributed by atoms with Crippen LogP contribution >= 0.6 is 8.02 Å². The molecule has 0 fully saturated rings. The van der Waals surface area contributed by atoms with Crippen LogP contribution in [0, 0.1) is 15.3 Å². The van der Waals surface area contributed by atoms with Crippen molar-refractivity contribution >= 4 is 41.7 Å². The fourth-order valence-electron chi connectivity index (χ4n) is 7.95. The summed E-state index contributed by atoms with van der Waals surface area (Å²) in [6, 6.07) is 45.7. The van der Waals surface area contributed by atoms with Gasteiger partial charge < -0.3 is 15.3 Å². The lowest BCUT2D eigenvalue weighted by Crippen LogP contribution is -2.38. The molecule has 10 rings (SSSR count). The van der Waals surface area contributed by atoms with E-state index >= 15 is 0 Å². The lowest BCUT2D eigenvalue weighted by atomic mass is 10.0. The zero-order chi connectivity index (χ0) is 41.6. The molecule has 6 heterocycles. The second-order valence-electron chi connectivity index (χ2n) is 13.9. The quantitative estimate of drug-likeness (QED) is 0.102. The Balaban J connectivity index is 0.00000111. The van der Waals surface area contributed by atoms with Crippen LogP contribution in [0.15, 0.2) is 191 Å². The molecule has 0 aliphatic carbocycles. The summed E-state index contributed by atoms with van der Waals surface area (Å²) in [5.74, 6) is 0. The fourth-order valence-corrected chi connectivity index (χ4v) is 10.5. The van der Waals surface area contributed by atoms with Crippen LogP contribution in [0.3, 0.4) is 0 Å². The highest BCUT2D eigenvalue weighted by atomic mass is 31.2. The molecule has 0 amide bonds. The van der Waals surface area contributed by atoms with E-state index in [1.807, 2.05) is 170 Å². The molecule has 4 aliphatic heterocycles. The molecule has 6 aromatic rings. The first kappa shape index (κ1) is 38.3. The SMILES string of the molecule is O=[N+]([O-])[O-].O[P+]1(OCC(F)(F)F)n2c3ccc2C(c2ccccc2)=C2C=CC(=N2)C(c2ccccc2)=c2ccc(n21)=C(c1ccccc1)C1=NC(=C3c2ccccc2)C=C1. The molecule has 14 heteroatoms. The van der Waals surface area contributed by atoms with Crippen LogP contribution in [-0.2, 0) is 4.52 Å². The van der Waals surface area contributed by atoms with E-state index in [2.05, 4.69) is 0 Å². The van der Waals surface area contributed by atoms with Crippen molar-refractivity contribution < 1.29 is 27.7 Å². The maximum absolute atomic E-state index is 14.7. The van der Waals surface area contributed by atoms with Gasteiger partial charge in [-0.15, -0.1) is 8.68 Å². The predicted molar refractivity (Wildman–Crippen MR) is 226 cm³/mol. The third kappa shape index (κ3) is 6.84. The Kier molecular flexibility index (Phi) is 9.72. The molecule has 60 heavy (non-hydrogen) atoms. The molecule has 4 aliphatic rings. The number of allylic oxidation sites excluding steroid dienone is 4. The smallest absolute Gasteiger partial charge is 0.356 e. The number of aliphatic imine (C=N–C) groups is 2. The summed E-state index contributed by atoms with van der Waals surface area (Å²) in [5, 5.41) is 15.6.